The molecule has 1 aromatic carbocycles. The summed E-state index contributed by atoms with van der Waals surface area (Å²) in [4.78, 5) is 12.2. The van der Waals surface area contributed by atoms with Crippen LogP contribution in [0.1, 0.15) is 37.9 Å². The number of nitrogens with one attached hydrogen (secondary N) is 1. The number of rotatable bonds is 3. The number of carbonyl (C=O) groups excluding carboxylic acids is 1. The normalized spacial score (nSPS) is 30.7. The molecule has 3 heteroatoms. The lowest BCUT2D eigenvalue weighted by molar-refractivity contribution is -0.118. The van der Waals surface area contributed by atoms with Crippen molar-refractivity contribution in [1.29, 1.82) is 0 Å². The number of carbonyl (C=O) groups is 1. The summed E-state index contributed by atoms with van der Waals surface area (Å²) in [5.74, 6) is 1.62. The van der Waals surface area contributed by atoms with E-state index in [0.717, 1.165) is 11.3 Å². The second kappa shape index (κ2) is 4.39. The fourth-order valence-corrected chi connectivity index (χ4v) is 3.40. The summed E-state index contributed by atoms with van der Waals surface area (Å²) < 4.78 is 0. The molecule has 3 rings (SSSR count). The Hall–Kier alpha value is -1.35. The van der Waals surface area contributed by atoms with Crippen LogP contribution in [-0.4, -0.2) is 11.0 Å². The zero-order chi connectivity index (χ0) is 12.7. The molecule has 18 heavy (non-hydrogen) atoms. The minimum Gasteiger partial charge on any atom is -0.389 e. The first-order valence-corrected chi connectivity index (χ1v) is 6.76. The van der Waals surface area contributed by atoms with Gasteiger partial charge in [0.1, 0.15) is 0 Å². The highest BCUT2D eigenvalue weighted by Crippen LogP contribution is 2.57. The van der Waals surface area contributed by atoms with Crippen molar-refractivity contribution in [3.8, 4) is 0 Å². The van der Waals surface area contributed by atoms with Gasteiger partial charge in [-0.25, -0.2) is 0 Å². The smallest absolute Gasteiger partial charge is 0.228 e. The SMILES string of the molecule is CC(O)c1ccccc1NC(=O)C1C2CCCC21. The van der Waals surface area contributed by atoms with Gasteiger partial charge >= 0.3 is 0 Å². The lowest BCUT2D eigenvalue weighted by atomic mass is 10.1. The molecule has 2 aliphatic rings. The van der Waals surface area contributed by atoms with E-state index in [-0.39, 0.29) is 11.8 Å². The molecule has 96 valence electrons. The zero-order valence-electron chi connectivity index (χ0n) is 10.6. The van der Waals surface area contributed by atoms with Crippen LogP contribution in [0.5, 0.6) is 0 Å². The Labute approximate surface area is 107 Å². The van der Waals surface area contributed by atoms with Gasteiger partial charge in [0.05, 0.1) is 6.10 Å². The van der Waals surface area contributed by atoms with Crippen molar-refractivity contribution in [2.75, 3.05) is 5.32 Å². The predicted molar refractivity (Wildman–Crippen MR) is 70.0 cm³/mol. The monoisotopic (exact) mass is 245 g/mol. The maximum atomic E-state index is 12.2. The van der Waals surface area contributed by atoms with Crippen LogP contribution < -0.4 is 5.32 Å². The summed E-state index contributed by atoms with van der Waals surface area (Å²) >= 11 is 0. The largest absolute Gasteiger partial charge is 0.389 e. The van der Waals surface area contributed by atoms with E-state index in [0.29, 0.717) is 11.8 Å². The first-order valence-electron chi connectivity index (χ1n) is 6.76. The molecule has 2 aliphatic carbocycles. The van der Waals surface area contributed by atoms with E-state index in [1.54, 1.807) is 6.92 Å². The fourth-order valence-electron chi connectivity index (χ4n) is 3.40. The highest BCUT2D eigenvalue weighted by Gasteiger charge is 2.56. The molecule has 0 aromatic heterocycles. The Morgan fingerprint density at radius 3 is 2.67 bits per heavy atom. The highest BCUT2D eigenvalue weighted by atomic mass is 16.3. The van der Waals surface area contributed by atoms with Crippen LogP contribution in [0.25, 0.3) is 0 Å². The van der Waals surface area contributed by atoms with Crippen LogP contribution in [0.15, 0.2) is 24.3 Å². The van der Waals surface area contributed by atoms with Crippen LogP contribution in [0.2, 0.25) is 0 Å². The zero-order valence-corrected chi connectivity index (χ0v) is 10.6. The van der Waals surface area contributed by atoms with E-state index in [2.05, 4.69) is 5.32 Å². The van der Waals surface area contributed by atoms with Gasteiger partial charge in [0.25, 0.3) is 0 Å². The number of anilines is 1. The first kappa shape index (κ1) is 11.7. The number of hydrogen-bond donors (Lipinski definition) is 2. The maximum Gasteiger partial charge on any atom is 0.228 e. The summed E-state index contributed by atoms with van der Waals surface area (Å²) in [5.41, 5.74) is 1.54. The summed E-state index contributed by atoms with van der Waals surface area (Å²) in [7, 11) is 0. The molecule has 0 aliphatic heterocycles. The number of para-hydroxylation sites is 1. The van der Waals surface area contributed by atoms with E-state index in [1.165, 1.54) is 19.3 Å². The summed E-state index contributed by atoms with van der Waals surface area (Å²) in [6.07, 6.45) is 3.14. The standard InChI is InChI=1S/C15H19NO2/c1-9(17)10-5-2-3-8-13(10)16-15(18)14-11-6-4-7-12(11)14/h2-3,5,8-9,11-12,14,17H,4,6-7H2,1H3,(H,16,18). The van der Waals surface area contributed by atoms with Crippen molar-refractivity contribution in [2.24, 2.45) is 17.8 Å². The van der Waals surface area contributed by atoms with Gasteiger partial charge in [-0.2, -0.15) is 0 Å². The first-order chi connectivity index (χ1) is 8.68. The molecule has 2 saturated carbocycles. The molecule has 0 spiro atoms. The lowest BCUT2D eigenvalue weighted by Crippen LogP contribution is -2.18. The van der Waals surface area contributed by atoms with Gasteiger partial charge in [-0.3, -0.25) is 4.79 Å². The van der Waals surface area contributed by atoms with Crippen molar-refractivity contribution in [3.05, 3.63) is 29.8 Å². The lowest BCUT2D eigenvalue weighted by Gasteiger charge is -2.13. The van der Waals surface area contributed by atoms with Crippen molar-refractivity contribution < 1.29 is 9.90 Å². The predicted octanol–water partition coefficient (Wildman–Crippen LogP) is 2.72. The van der Waals surface area contributed by atoms with Crippen molar-refractivity contribution in [3.63, 3.8) is 0 Å². The van der Waals surface area contributed by atoms with E-state index in [9.17, 15) is 9.90 Å². The van der Waals surface area contributed by atoms with Gasteiger partial charge in [-0.15, -0.1) is 0 Å². The molecule has 1 amide bonds. The Bertz CT molecular complexity index is 459. The number of fused-ring (bicyclic) bond motifs is 1. The van der Waals surface area contributed by atoms with Gasteiger partial charge in [0.15, 0.2) is 0 Å². The Morgan fingerprint density at radius 1 is 1.33 bits per heavy atom. The Kier molecular flexibility index (Phi) is 2.86. The average Bonchev–Trinajstić information content (AvgIpc) is 2.84. The third-order valence-corrected chi connectivity index (χ3v) is 4.38. The van der Waals surface area contributed by atoms with Crippen LogP contribution in [-0.2, 0) is 4.79 Å². The molecular weight excluding hydrogens is 226 g/mol. The van der Waals surface area contributed by atoms with Crippen LogP contribution in [0, 0.1) is 17.8 Å². The number of aliphatic hydroxyl groups excluding tert-OH is 1. The molecule has 2 N–H and O–H groups in total. The van der Waals surface area contributed by atoms with Gasteiger partial charge in [-0.05, 0) is 37.7 Å². The van der Waals surface area contributed by atoms with Crippen molar-refractivity contribution >= 4 is 11.6 Å². The summed E-state index contributed by atoms with van der Waals surface area (Å²) in [6.45, 7) is 1.72. The second-order valence-electron chi connectivity index (χ2n) is 5.54. The molecule has 3 atom stereocenters. The molecule has 3 unspecified atom stereocenters. The third-order valence-electron chi connectivity index (χ3n) is 4.38. The van der Waals surface area contributed by atoms with E-state index in [4.69, 9.17) is 0 Å². The minimum atomic E-state index is -0.555. The molecular formula is C15H19NO2. The van der Waals surface area contributed by atoms with E-state index in [1.807, 2.05) is 24.3 Å². The fraction of sp³-hybridized carbons (Fsp3) is 0.533. The Morgan fingerprint density at radius 2 is 2.00 bits per heavy atom. The van der Waals surface area contributed by atoms with Gasteiger partial charge in [0.2, 0.25) is 5.91 Å². The van der Waals surface area contributed by atoms with E-state index >= 15 is 0 Å². The average molecular weight is 245 g/mol. The van der Waals surface area contributed by atoms with Crippen LogP contribution >= 0.6 is 0 Å². The molecule has 0 heterocycles. The Balaban J connectivity index is 1.71. The second-order valence-corrected chi connectivity index (χ2v) is 5.54. The summed E-state index contributed by atoms with van der Waals surface area (Å²) in [6, 6.07) is 7.48. The van der Waals surface area contributed by atoms with Crippen molar-refractivity contribution in [2.45, 2.75) is 32.3 Å². The van der Waals surface area contributed by atoms with Gasteiger partial charge in [-0.1, -0.05) is 24.6 Å². The molecule has 0 bridgehead atoms. The maximum absolute atomic E-state index is 12.2. The van der Waals surface area contributed by atoms with Crippen LogP contribution in [0.3, 0.4) is 0 Å². The third kappa shape index (κ3) is 1.93. The van der Waals surface area contributed by atoms with E-state index < -0.39 is 6.10 Å². The van der Waals surface area contributed by atoms with Crippen molar-refractivity contribution in [1.82, 2.24) is 0 Å². The molecule has 1 aromatic rings. The molecule has 2 fully saturated rings. The van der Waals surface area contributed by atoms with Gasteiger partial charge < -0.3 is 10.4 Å². The molecule has 0 radical (unpaired) electrons. The molecule has 0 saturated heterocycles. The quantitative estimate of drug-likeness (QED) is 0.860. The van der Waals surface area contributed by atoms with Crippen LogP contribution in [0.4, 0.5) is 5.69 Å². The summed E-state index contributed by atoms with van der Waals surface area (Å²) in [5, 5.41) is 12.7. The highest BCUT2D eigenvalue weighted by molar-refractivity contribution is 5.95. The minimum absolute atomic E-state index is 0.137. The number of aliphatic hydroxyl groups is 1. The number of benzene rings is 1. The number of amides is 1. The topological polar surface area (TPSA) is 49.3 Å². The molecule has 3 nitrogen and oxygen atoms in total. The number of hydrogen-bond acceptors (Lipinski definition) is 2. The van der Waals surface area contributed by atoms with Gasteiger partial charge in [0, 0.05) is 17.2 Å².